The van der Waals surface area contributed by atoms with E-state index in [0.717, 1.165) is 17.2 Å². The molecule has 0 saturated carbocycles. The van der Waals surface area contributed by atoms with Gasteiger partial charge in [-0.2, -0.15) is 18.4 Å². The Morgan fingerprint density at radius 2 is 1.81 bits per heavy atom. The van der Waals surface area contributed by atoms with Gasteiger partial charge in [0, 0.05) is 25.3 Å². The molecular formula is C27H31F3N2O4. The normalized spacial score (nSPS) is 16.8. The number of piperidine rings is 1. The second-order valence-corrected chi connectivity index (χ2v) is 8.68. The fourth-order valence-corrected chi connectivity index (χ4v) is 4.30. The monoisotopic (exact) mass is 504 g/mol. The van der Waals surface area contributed by atoms with Crippen molar-refractivity contribution >= 4 is 28.3 Å². The second kappa shape index (κ2) is 13.4. The molecule has 1 unspecified atom stereocenters. The molecule has 1 N–H and O–H groups in total. The molecule has 2 aromatic carbocycles. The summed E-state index contributed by atoms with van der Waals surface area (Å²) in [6, 6.07) is 11.1. The molecule has 0 radical (unpaired) electrons. The van der Waals surface area contributed by atoms with Crippen molar-refractivity contribution in [2.45, 2.75) is 44.3 Å². The number of ketones is 1. The predicted molar refractivity (Wildman–Crippen MR) is 132 cm³/mol. The van der Waals surface area contributed by atoms with E-state index in [1.165, 1.54) is 11.0 Å². The number of aliphatic hydroxyl groups excluding tert-OH is 1. The number of ether oxygens (including phenoxy) is 2. The summed E-state index contributed by atoms with van der Waals surface area (Å²) in [5.74, 6) is -0.281. The van der Waals surface area contributed by atoms with Crippen molar-refractivity contribution in [1.29, 1.82) is 5.26 Å². The molecule has 1 atom stereocenters. The Balaban J connectivity index is 1.63. The van der Waals surface area contributed by atoms with Crippen LogP contribution in [-0.4, -0.2) is 62.7 Å². The van der Waals surface area contributed by atoms with E-state index in [2.05, 4.69) is 0 Å². The number of nitriles is 1. The first kappa shape index (κ1) is 27.7. The molecule has 1 aliphatic rings. The van der Waals surface area contributed by atoms with Crippen LogP contribution in [0.15, 0.2) is 42.0 Å². The van der Waals surface area contributed by atoms with Gasteiger partial charge in [-0.15, -0.1) is 0 Å². The molecule has 3 rings (SSSR count). The molecule has 1 fully saturated rings. The van der Waals surface area contributed by atoms with Crippen molar-refractivity contribution in [3.63, 3.8) is 0 Å². The minimum atomic E-state index is -4.27. The molecule has 2 aromatic rings. The fraction of sp³-hybridized carbons (Fsp3) is 0.481. The minimum absolute atomic E-state index is 0.0404. The number of fused-ring (bicyclic) bond motifs is 1. The summed E-state index contributed by atoms with van der Waals surface area (Å²) in [5, 5.41) is 19.7. The van der Waals surface area contributed by atoms with Crippen LogP contribution >= 0.6 is 0 Å². The zero-order valence-corrected chi connectivity index (χ0v) is 20.1. The van der Waals surface area contributed by atoms with Gasteiger partial charge in [0.2, 0.25) is 0 Å². The van der Waals surface area contributed by atoms with E-state index in [0.29, 0.717) is 50.5 Å². The van der Waals surface area contributed by atoms with Crippen LogP contribution in [-0.2, 0) is 14.3 Å². The maximum absolute atomic E-state index is 13.5. The number of hydrogen-bond acceptors (Lipinski definition) is 6. The quantitative estimate of drug-likeness (QED) is 0.248. The first-order valence-electron chi connectivity index (χ1n) is 12.1. The van der Waals surface area contributed by atoms with E-state index >= 15 is 0 Å². The van der Waals surface area contributed by atoms with Gasteiger partial charge >= 0.3 is 6.18 Å². The molecule has 9 heteroatoms. The van der Waals surface area contributed by atoms with Crippen molar-refractivity contribution in [2.24, 2.45) is 0 Å². The van der Waals surface area contributed by atoms with Gasteiger partial charge < -0.3 is 19.5 Å². The highest BCUT2D eigenvalue weighted by atomic mass is 19.4. The smallest absolute Gasteiger partial charge is 0.394 e. The van der Waals surface area contributed by atoms with Gasteiger partial charge in [-0.1, -0.05) is 18.2 Å². The van der Waals surface area contributed by atoms with Crippen LogP contribution in [0.4, 0.5) is 18.9 Å². The fourth-order valence-electron chi connectivity index (χ4n) is 4.30. The number of aliphatic hydroxyl groups is 1. The summed E-state index contributed by atoms with van der Waals surface area (Å²) in [4.78, 5) is 13.9. The molecule has 6 nitrogen and oxygen atoms in total. The Hall–Kier alpha value is -2.93. The van der Waals surface area contributed by atoms with Crippen LogP contribution in [0.3, 0.4) is 0 Å². The zero-order valence-electron chi connectivity index (χ0n) is 20.1. The summed E-state index contributed by atoms with van der Waals surface area (Å²) in [6.45, 7) is 1.66. The molecule has 0 spiro atoms. The summed E-state index contributed by atoms with van der Waals surface area (Å²) in [6.07, 6.45) is -0.713. The third-order valence-corrected chi connectivity index (χ3v) is 6.09. The van der Waals surface area contributed by atoms with E-state index in [1.54, 1.807) is 30.3 Å². The minimum Gasteiger partial charge on any atom is -0.394 e. The number of alkyl halides is 3. The van der Waals surface area contributed by atoms with Crippen molar-refractivity contribution in [3.8, 4) is 6.07 Å². The van der Waals surface area contributed by atoms with Crippen LogP contribution < -0.4 is 4.90 Å². The largest absolute Gasteiger partial charge is 0.408 e. The lowest BCUT2D eigenvalue weighted by Crippen LogP contribution is -2.48. The molecular weight excluding hydrogens is 473 g/mol. The molecule has 0 aliphatic carbocycles. The summed E-state index contributed by atoms with van der Waals surface area (Å²) >= 11 is 0. The average Bonchev–Trinajstić information content (AvgIpc) is 2.87. The number of Topliss-reactive ketones (excluding diaryl/α,β-unsaturated/α-hetero) is 1. The number of hydrogen-bond donors (Lipinski definition) is 1. The van der Waals surface area contributed by atoms with E-state index in [1.807, 2.05) is 12.1 Å². The van der Waals surface area contributed by atoms with E-state index in [4.69, 9.17) is 14.6 Å². The van der Waals surface area contributed by atoms with E-state index in [-0.39, 0.29) is 37.4 Å². The Bertz CT molecular complexity index is 1090. The molecule has 36 heavy (non-hydrogen) atoms. The van der Waals surface area contributed by atoms with Crippen LogP contribution in [0.5, 0.6) is 0 Å². The summed E-state index contributed by atoms with van der Waals surface area (Å²) in [7, 11) is 0. The van der Waals surface area contributed by atoms with Gasteiger partial charge in [0.15, 0.2) is 5.78 Å². The molecule has 0 amide bonds. The van der Waals surface area contributed by atoms with Gasteiger partial charge in [-0.25, -0.2) is 0 Å². The Morgan fingerprint density at radius 1 is 1.08 bits per heavy atom. The number of benzene rings is 2. The lowest BCUT2D eigenvalue weighted by Gasteiger charge is -2.38. The highest BCUT2D eigenvalue weighted by Gasteiger charge is 2.44. The Labute approximate surface area is 208 Å². The number of nitrogens with zero attached hydrogens (tertiary/aromatic N) is 2. The lowest BCUT2D eigenvalue weighted by molar-refractivity contribution is -0.152. The van der Waals surface area contributed by atoms with E-state index < -0.39 is 12.2 Å². The van der Waals surface area contributed by atoms with Gasteiger partial charge in [-0.05, 0) is 66.3 Å². The van der Waals surface area contributed by atoms with Crippen molar-refractivity contribution in [1.82, 2.24) is 0 Å². The summed E-state index contributed by atoms with van der Waals surface area (Å²) < 4.78 is 51.0. The van der Waals surface area contributed by atoms with Gasteiger partial charge in [-0.3, -0.25) is 4.79 Å². The molecule has 1 saturated heterocycles. The van der Waals surface area contributed by atoms with Gasteiger partial charge in [0.1, 0.15) is 12.1 Å². The SMILES string of the molecule is N#C/C(=C\c1ccc2cc(N3CCCCC3C(F)(F)F)ccc2c1)C(=O)CCCOCCOCCO. The standard InChI is InChI=1S/C27H31F3N2O4/c28-27(29,30)26-5-1-2-10-32(26)24-9-8-21-16-20(6-7-22(21)18-24)17-23(19-31)25(34)4-3-12-35-14-15-36-13-11-33/h6-9,16-18,26,33H,1-5,10-15H2/b23-17+. The van der Waals surface area contributed by atoms with Crippen LogP contribution in [0, 0.1) is 11.3 Å². The van der Waals surface area contributed by atoms with Crippen LogP contribution in [0.25, 0.3) is 16.8 Å². The average molecular weight is 505 g/mol. The Morgan fingerprint density at radius 3 is 2.53 bits per heavy atom. The molecule has 1 aliphatic heterocycles. The number of carbonyl (C=O) groups is 1. The van der Waals surface area contributed by atoms with Crippen molar-refractivity contribution in [3.05, 3.63) is 47.5 Å². The number of halogens is 3. The molecule has 194 valence electrons. The number of carbonyl (C=O) groups excluding carboxylic acids is 1. The first-order chi connectivity index (χ1) is 17.3. The molecule has 0 aromatic heterocycles. The van der Waals surface area contributed by atoms with Crippen molar-refractivity contribution in [2.75, 3.05) is 44.5 Å². The number of anilines is 1. The van der Waals surface area contributed by atoms with E-state index in [9.17, 15) is 23.2 Å². The lowest BCUT2D eigenvalue weighted by atomic mass is 9.99. The topological polar surface area (TPSA) is 82.8 Å². The maximum atomic E-state index is 13.5. The highest BCUT2D eigenvalue weighted by molar-refractivity contribution is 6.03. The number of rotatable bonds is 12. The Kier molecular flexibility index (Phi) is 10.3. The highest BCUT2D eigenvalue weighted by Crippen LogP contribution is 2.36. The first-order valence-corrected chi connectivity index (χ1v) is 12.1. The maximum Gasteiger partial charge on any atom is 0.408 e. The second-order valence-electron chi connectivity index (χ2n) is 8.68. The van der Waals surface area contributed by atoms with Gasteiger partial charge in [0.05, 0.1) is 32.0 Å². The predicted octanol–water partition coefficient (Wildman–Crippen LogP) is 5.04. The van der Waals surface area contributed by atoms with Crippen LogP contribution in [0.2, 0.25) is 0 Å². The van der Waals surface area contributed by atoms with Crippen molar-refractivity contribution < 1.29 is 32.5 Å². The third-order valence-electron chi connectivity index (χ3n) is 6.09. The van der Waals surface area contributed by atoms with Gasteiger partial charge in [0.25, 0.3) is 0 Å². The third kappa shape index (κ3) is 7.79. The summed E-state index contributed by atoms with van der Waals surface area (Å²) in [5.41, 5.74) is 1.25. The zero-order chi connectivity index (χ0) is 26.0. The van der Waals surface area contributed by atoms with Crippen LogP contribution in [0.1, 0.15) is 37.7 Å². The molecule has 1 heterocycles. The molecule has 0 bridgehead atoms. The number of allylic oxidation sites excluding steroid dienone is 1.